The molecule has 0 saturated heterocycles. The molecule has 0 bridgehead atoms. The van der Waals surface area contributed by atoms with Gasteiger partial charge in [0.2, 0.25) is 5.91 Å². The molecule has 0 saturated carbocycles. The highest BCUT2D eigenvalue weighted by Gasteiger charge is 2.38. The third kappa shape index (κ3) is 9.15. The first kappa shape index (κ1) is 32.9. The number of carbonyl (C=O) groups is 3. The van der Waals surface area contributed by atoms with E-state index in [1.54, 1.807) is 43.5 Å². The third-order valence-electron chi connectivity index (χ3n) is 6.64. The van der Waals surface area contributed by atoms with Crippen molar-refractivity contribution in [2.75, 3.05) is 17.3 Å². The number of benzene rings is 2. The van der Waals surface area contributed by atoms with Gasteiger partial charge >= 0.3 is 6.09 Å². The molecule has 3 amide bonds. The highest BCUT2D eigenvalue weighted by molar-refractivity contribution is 7.98. The molecular weight excluding hydrogens is 522 g/mol. The number of hydrogen-bond acceptors (Lipinski definition) is 5. The van der Waals surface area contributed by atoms with Crippen molar-refractivity contribution in [1.82, 2.24) is 10.2 Å². The number of hydrogen-bond donors (Lipinski definition) is 2. The molecule has 0 fully saturated rings. The zero-order valence-corrected chi connectivity index (χ0v) is 26.0. The number of para-hydroxylation sites is 1. The summed E-state index contributed by atoms with van der Waals surface area (Å²) in [6.45, 7) is 17.0. The van der Waals surface area contributed by atoms with Gasteiger partial charge in [-0.15, -0.1) is 0 Å². The van der Waals surface area contributed by atoms with Crippen LogP contribution in [0.15, 0.2) is 49.0 Å². The average molecular weight is 568 g/mol. The molecule has 0 aliphatic carbocycles. The number of aryl methyl sites for hydroxylation is 2. The minimum Gasteiger partial charge on any atom is -0.444 e. The Balaban J connectivity index is 2.63. The number of ether oxygens (including phenoxy) is 1. The molecule has 3 atom stereocenters. The molecule has 2 aromatic rings. The van der Waals surface area contributed by atoms with E-state index in [1.165, 1.54) is 0 Å². The molecule has 7 nitrogen and oxygen atoms in total. The molecule has 0 aliphatic heterocycles. The van der Waals surface area contributed by atoms with Gasteiger partial charge in [-0.2, -0.15) is 11.8 Å². The Morgan fingerprint density at radius 1 is 1.10 bits per heavy atom. The number of rotatable bonds is 12. The van der Waals surface area contributed by atoms with E-state index in [0.717, 1.165) is 22.4 Å². The highest BCUT2D eigenvalue weighted by atomic mass is 32.2. The van der Waals surface area contributed by atoms with Crippen LogP contribution in [0.1, 0.15) is 75.8 Å². The van der Waals surface area contributed by atoms with E-state index in [9.17, 15) is 14.4 Å². The predicted octanol–water partition coefficient (Wildman–Crippen LogP) is 6.90. The van der Waals surface area contributed by atoms with Crippen LogP contribution in [0.25, 0.3) is 6.08 Å². The van der Waals surface area contributed by atoms with Crippen LogP contribution in [0.4, 0.5) is 10.5 Å². The number of alkyl carbamates (subject to hydrolysis) is 1. The van der Waals surface area contributed by atoms with Crippen LogP contribution in [0.2, 0.25) is 0 Å². The zero-order valence-electron chi connectivity index (χ0n) is 25.2. The second-order valence-electron chi connectivity index (χ2n) is 11.0. The summed E-state index contributed by atoms with van der Waals surface area (Å²) in [5.41, 5.74) is 3.36. The van der Waals surface area contributed by atoms with Crippen molar-refractivity contribution >= 4 is 41.4 Å². The summed E-state index contributed by atoms with van der Waals surface area (Å²) in [5.74, 6) is -0.0146. The predicted molar refractivity (Wildman–Crippen MR) is 167 cm³/mol. The summed E-state index contributed by atoms with van der Waals surface area (Å²) in [7, 11) is 0. The molecule has 8 heteroatoms. The van der Waals surface area contributed by atoms with Crippen molar-refractivity contribution < 1.29 is 19.1 Å². The molecule has 2 N–H and O–H groups in total. The molecular formula is C32H45N3O4S. The second-order valence-corrected chi connectivity index (χ2v) is 12.0. The van der Waals surface area contributed by atoms with Crippen LogP contribution in [0.5, 0.6) is 0 Å². The first-order valence-corrected chi connectivity index (χ1v) is 15.1. The quantitative estimate of drug-likeness (QED) is 0.291. The Kier molecular flexibility index (Phi) is 12.3. The van der Waals surface area contributed by atoms with Crippen LogP contribution < -0.4 is 10.6 Å². The Morgan fingerprint density at radius 3 is 2.27 bits per heavy atom. The summed E-state index contributed by atoms with van der Waals surface area (Å²) in [6, 6.07) is 11.2. The topological polar surface area (TPSA) is 87.7 Å². The zero-order chi connectivity index (χ0) is 30.0. The molecule has 0 spiro atoms. The first-order valence-electron chi connectivity index (χ1n) is 13.7. The molecule has 0 heterocycles. The molecule has 40 heavy (non-hydrogen) atoms. The van der Waals surface area contributed by atoms with Gasteiger partial charge in [-0.3, -0.25) is 9.59 Å². The Bertz CT molecular complexity index is 1170. The van der Waals surface area contributed by atoms with E-state index in [0.29, 0.717) is 24.2 Å². The van der Waals surface area contributed by atoms with Gasteiger partial charge < -0.3 is 20.3 Å². The number of amides is 3. The molecule has 0 radical (unpaired) electrons. The van der Waals surface area contributed by atoms with Crippen molar-refractivity contribution in [3.8, 4) is 0 Å². The lowest BCUT2D eigenvalue weighted by Gasteiger charge is -2.38. The number of nitrogens with one attached hydrogen (secondary N) is 2. The molecule has 0 aliphatic rings. The van der Waals surface area contributed by atoms with E-state index in [1.807, 2.05) is 76.4 Å². The van der Waals surface area contributed by atoms with E-state index in [4.69, 9.17) is 4.74 Å². The maximum Gasteiger partial charge on any atom is 0.408 e. The first-order chi connectivity index (χ1) is 18.8. The van der Waals surface area contributed by atoms with E-state index >= 15 is 0 Å². The van der Waals surface area contributed by atoms with Gasteiger partial charge in [-0.25, -0.2) is 4.79 Å². The maximum atomic E-state index is 14.4. The van der Waals surface area contributed by atoms with Crippen LogP contribution in [0.3, 0.4) is 0 Å². The fourth-order valence-corrected chi connectivity index (χ4v) is 4.89. The molecule has 2 aromatic carbocycles. The Morgan fingerprint density at radius 2 is 1.73 bits per heavy atom. The summed E-state index contributed by atoms with van der Waals surface area (Å²) < 4.78 is 5.48. The number of anilines is 1. The fourth-order valence-electron chi connectivity index (χ4n) is 4.42. The lowest BCUT2D eigenvalue weighted by molar-refractivity contribution is -0.143. The second kappa shape index (κ2) is 14.9. The van der Waals surface area contributed by atoms with Gasteiger partial charge in [-0.05, 0) is 94.7 Å². The number of nitrogens with zero attached hydrogens (tertiary/aromatic N) is 1. The average Bonchev–Trinajstić information content (AvgIpc) is 2.89. The van der Waals surface area contributed by atoms with Gasteiger partial charge in [0.25, 0.3) is 5.91 Å². The van der Waals surface area contributed by atoms with E-state index in [2.05, 4.69) is 17.2 Å². The Labute approximate surface area is 244 Å². The SMILES string of the molecule is C=Cc1cccc(C(C(=O)Nc2c(C)cccc2C)N(C(=O)C(CCSC)NC(=O)OC(C)(C)C)C(C)CC)c1. The summed E-state index contributed by atoms with van der Waals surface area (Å²) >= 11 is 1.58. The van der Waals surface area contributed by atoms with Crippen molar-refractivity contribution in [3.05, 3.63) is 71.3 Å². The monoisotopic (exact) mass is 567 g/mol. The summed E-state index contributed by atoms with van der Waals surface area (Å²) in [4.78, 5) is 42.9. The lowest BCUT2D eigenvalue weighted by Crippen LogP contribution is -2.55. The van der Waals surface area contributed by atoms with Crippen LogP contribution in [0, 0.1) is 13.8 Å². The van der Waals surface area contributed by atoms with Crippen LogP contribution in [-0.4, -0.2) is 52.5 Å². The van der Waals surface area contributed by atoms with Gasteiger partial charge in [0, 0.05) is 11.7 Å². The number of thioether (sulfide) groups is 1. The third-order valence-corrected chi connectivity index (χ3v) is 7.28. The normalized spacial score (nSPS) is 13.5. The molecule has 2 rings (SSSR count). The van der Waals surface area contributed by atoms with Gasteiger partial charge in [-0.1, -0.05) is 56.0 Å². The Hall–Kier alpha value is -3.26. The number of carbonyl (C=O) groups excluding carboxylic acids is 3. The molecule has 0 aromatic heterocycles. The van der Waals surface area contributed by atoms with Crippen molar-refractivity contribution in [2.24, 2.45) is 0 Å². The van der Waals surface area contributed by atoms with E-state index < -0.39 is 23.8 Å². The largest absolute Gasteiger partial charge is 0.444 e. The van der Waals surface area contributed by atoms with Crippen molar-refractivity contribution in [2.45, 2.75) is 85.0 Å². The van der Waals surface area contributed by atoms with Crippen molar-refractivity contribution in [1.29, 1.82) is 0 Å². The molecule has 3 unspecified atom stereocenters. The van der Waals surface area contributed by atoms with Gasteiger partial charge in [0.1, 0.15) is 17.7 Å². The van der Waals surface area contributed by atoms with Crippen LogP contribution in [-0.2, 0) is 14.3 Å². The maximum absolute atomic E-state index is 14.4. The molecule has 218 valence electrons. The summed E-state index contributed by atoms with van der Waals surface area (Å²) in [5, 5.41) is 5.90. The van der Waals surface area contributed by atoms with Crippen molar-refractivity contribution in [3.63, 3.8) is 0 Å². The summed E-state index contributed by atoms with van der Waals surface area (Å²) in [6.07, 6.45) is 4.00. The lowest BCUT2D eigenvalue weighted by atomic mass is 9.97. The standard InChI is InChI=1S/C32H45N3O4S/c1-10-23(5)35(30(37)26(18-19-40-9)33-31(38)39-32(6,7)8)28(25-17-13-16-24(11-2)20-25)29(36)34-27-21(3)14-12-15-22(27)4/h11-17,20,23,26,28H,2,10,18-19H2,1,3-9H3,(H,33,38)(H,34,36). The smallest absolute Gasteiger partial charge is 0.408 e. The minimum atomic E-state index is -0.946. The van der Waals surface area contributed by atoms with Crippen LogP contribution >= 0.6 is 11.8 Å². The van der Waals surface area contributed by atoms with E-state index in [-0.39, 0.29) is 17.9 Å². The van der Waals surface area contributed by atoms with Gasteiger partial charge in [0.15, 0.2) is 0 Å². The fraction of sp³-hybridized carbons (Fsp3) is 0.469. The van der Waals surface area contributed by atoms with Gasteiger partial charge in [0.05, 0.1) is 0 Å². The minimum absolute atomic E-state index is 0.300. The highest BCUT2D eigenvalue weighted by Crippen LogP contribution is 2.30.